The van der Waals surface area contributed by atoms with E-state index in [4.69, 9.17) is 5.11 Å². The predicted molar refractivity (Wildman–Crippen MR) is 64.8 cm³/mol. The van der Waals surface area contributed by atoms with Gasteiger partial charge in [-0.3, -0.25) is 4.79 Å². The van der Waals surface area contributed by atoms with E-state index in [1.54, 1.807) is 0 Å². The lowest BCUT2D eigenvalue weighted by molar-refractivity contribution is -0.136. The first kappa shape index (κ1) is 12.0. The summed E-state index contributed by atoms with van der Waals surface area (Å²) in [5, 5.41) is 8.59. The number of halogens is 1. The van der Waals surface area contributed by atoms with E-state index in [1.807, 2.05) is 25.1 Å². The van der Waals surface area contributed by atoms with Gasteiger partial charge in [0.05, 0.1) is 0 Å². The second-order valence-electron chi connectivity index (χ2n) is 3.52. The Morgan fingerprint density at radius 1 is 1.47 bits per heavy atom. The Morgan fingerprint density at radius 2 is 2.13 bits per heavy atom. The van der Waals surface area contributed by atoms with E-state index < -0.39 is 5.97 Å². The first-order chi connectivity index (χ1) is 6.99. The lowest BCUT2D eigenvalue weighted by Crippen LogP contribution is -1.98. The number of benzene rings is 1. The number of aliphatic carboxylic acids is 1. The molecule has 0 saturated carbocycles. The highest BCUT2D eigenvalue weighted by Crippen LogP contribution is 2.21. The maximum atomic E-state index is 10.4. The zero-order valence-electron chi connectivity index (χ0n) is 8.59. The molecule has 1 aromatic rings. The number of carboxylic acids is 1. The smallest absolute Gasteiger partial charge is 0.303 e. The van der Waals surface area contributed by atoms with Gasteiger partial charge in [-0.1, -0.05) is 34.1 Å². The number of rotatable bonds is 4. The van der Waals surface area contributed by atoms with Crippen LogP contribution in [0.3, 0.4) is 0 Å². The molecule has 1 N–H and O–H groups in total. The van der Waals surface area contributed by atoms with E-state index in [9.17, 15) is 4.79 Å². The molecule has 0 spiro atoms. The van der Waals surface area contributed by atoms with E-state index in [2.05, 4.69) is 22.5 Å². The Bertz CT molecular complexity index is 397. The summed E-state index contributed by atoms with van der Waals surface area (Å²) < 4.78 is 0.961. The zero-order chi connectivity index (χ0) is 11.4. The number of aryl methyl sites for hydroxylation is 1. The number of hydrogen-bond donors (Lipinski definition) is 1. The van der Waals surface area contributed by atoms with Crippen LogP contribution >= 0.6 is 15.9 Å². The van der Waals surface area contributed by atoms with Gasteiger partial charge in [-0.05, 0) is 36.6 Å². The molecule has 80 valence electrons. The summed E-state index contributed by atoms with van der Waals surface area (Å²) in [5.41, 5.74) is 3.04. The van der Waals surface area contributed by atoms with Gasteiger partial charge in [0.15, 0.2) is 0 Å². The van der Waals surface area contributed by atoms with E-state index in [-0.39, 0.29) is 6.42 Å². The highest BCUT2D eigenvalue weighted by Gasteiger charge is 2.03. The largest absolute Gasteiger partial charge is 0.481 e. The van der Waals surface area contributed by atoms with Crippen LogP contribution < -0.4 is 0 Å². The van der Waals surface area contributed by atoms with Crippen LogP contribution in [0.5, 0.6) is 0 Å². The molecule has 0 aliphatic rings. The topological polar surface area (TPSA) is 37.3 Å². The van der Waals surface area contributed by atoms with Crippen LogP contribution in [0.25, 0.3) is 5.57 Å². The molecule has 1 rings (SSSR count). The molecule has 0 fully saturated rings. The molecule has 3 heteroatoms. The van der Waals surface area contributed by atoms with Crippen molar-refractivity contribution < 1.29 is 9.90 Å². The third kappa shape index (κ3) is 3.88. The zero-order valence-corrected chi connectivity index (χ0v) is 10.2. The lowest BCUT2D eigenvalue weighted by Gasteiger charge is -2.05. The van der Waals surface area contributed by atoms with Crippen LogP contribution in [-0.4, -0.2) is 11.1 Å². The Hall–Kier alpha value is -1.09. The fourth-order valence-electron chi connectivity index (χ4n) is 1.29. The second-order valence-corrected chi connectivity index (χ2v) is 4.44. The minimum Gasteiger partial charge on any atom is -0.481 e. The highest BCUT2D eigenvalue weighted by molar-refractivity contribution is 9.10. The van der Waals surface area contributed by atoms with Crippen molar-refractivity contribution in [2.45, 2.75) is 19.8 Å². The van der Waals surface area contributed by atoms with Crippen LogP contribution in [0.1, 0.15) is 24.5 Å². The van der Waals surface area contributed by atoms with Crippen molar-refractivity contribution in [3.05, 3.63) is 40.4 Å². The van der Waals surface area contributed by atoms with Crippen LogP contribution in [0, 0.1) is 0 Å². The number of hydrogen-bond acceptors (Lipinski definition) is 1. The summed E-state index contributed by atoms with van der Waals surface area (Å²) >= 11 is 3.40. The molecule has 1 aromatic carbocycles. The molecule has 0 atom stereocenters. The number of carboxylic acid groups (broad SMARTS) is 1. The summed E-state index contributed by atoms with van der Waals surface area (Å²) in [5.74, 6) is -0.771. The molecule has 0 bridgehead atoms. The minimum absolute atomic E-state index is 0.159. The third-order valence-electron chi connectivity index (χ3n) is 2.08. The molecule has 15 heavy (non-hydrogen) atoms. The Balaban J connectivity index is 2.88. The van der Waals surface area contributed by atoms with Gasteiger partial charge in [0.1, 0.15) is 0 Å². The maximum Gasteiger partial charge on any atom is 0.303 e. The first-order valence-electron chi connectivity index (χ1n) is 4.66. The molecule has 2 nitrogen and oxygen atoms in total. The molecule has 0 saturated heterocycles. The van der Waals surface area contributed by atoms with Crippen LogP contribution in [0.15, 0.2) is 29.3 Å². The SMILES string of the molecule is C=C(C)c1cc(Br)cc(CCC(=O)O)c1. The van der Waals surface area contributed by atoms with Crippen molar-refractivity contribution in [1.29, 1.82) is 0 Å². The number of allylic oxidation sites excluding steroid dienone is 1. The normalized spacial score (nSPS) is 10.0. The Morgan fingerprint density at radius 3 is 2.67 bits per heavy atom. The van der Waals surface area contributed by atoms with E-state index in [1.165, 1.54) is 0 Å². The lowest BCUT2D eigenvalue weighted by atomic mass is 10.0. The quantitative estimate of drug-likeness (QED) is 0.908. The van der Waals surface area contributed by atoms with Crippen molar-refractivity contribution >= 4 is 27.5 Å². The van der Waals surface area contributed by atoms with Crippen molar-refractivity contribution in [1.82, 2.24) is 0 Å². The van der Waals surface area contributed by atoms with Gasteiger partial charge in [-0.25, -0.2) is 0 Å². The van der Waals surface area contributed by atoms with Crippen molar-refractivity contribution in [2.24, 2.45) is 0 Å². The molecular weight excluding hydrogens is 256 g/mol. The van der Waals surface area contributed by atoms with E-state index >= 15 is 0 Å². The fraction of sp³-hybridized carbons (Fsp3) is 0.250. The van der Waals surface area contributed by atoms with Gasteiger partial charge >= 0.3 is 5.97 Å². The summed E-state index contributed by atoms with van der Waals surface area (Å²) in [6, 6.07) is 5.90. The van der Waals surface area contributed by atoms with Gasteiger partial charge in [0, 0.05) is 10.9 Å². The van der Waals surface area contributed by atoms with Gasteiger partial charge in [-0.2, -0.15) is 0 Å². The molecule has 0 amide bonds. The summed E-state index contributed by atoms with van der Waals surface area (Å²) in [4.78, 5) is 10.4. The maximum absolute atomic E-state index is 10.4. The van der Waals surface area contributed by atoms with Gasteiger partial charge in [-0.15, -0.1) is 0 Å². The second kappa shape index (κ2) is 5.12. The summed E-state index contributed by atoms with van der Waals surface area (Å²) in [7, 11) is 0. The van der Waals surface area contributed by atoms with Crippen LogP contribution in [0.2, 0.25) is 0 Å². The Kier molecular flexibility index (Phi) is 4.09. The van der Waals surface area contributed by atoms with Crippen molar-refractivity contribution in [2.75, 3.05) is 0 Å². The fourth-order valence-corrected chi connectivity index (χ4v) is 1.83. The molecule has 0 aliphatic carbocycles. The molecule has 0 aromatic heterocycles. The molecule has 0 radical (unpaired) electrons. The van der Waals surface area contributed by atoms with Gasteiger partial charge in [0.2, 0.25) is 0 Å². The van der Waals surface area contributed by atoms with Crippen LogP contribution in [-0.2, 0) is 11.2 Å². The predicted octanol–water partition coefficient (Wildman–Crippen LogP) is 3.50. The standard InChI is InChI=1S/C12H13BrO2/c1-8(2)10-5-9(3-4-12(14)15)6-11(13)7-10/h5-7H,1,3-4H2,2H3,(H,14,15). The first-order valence-corrected chi connectivity index (χ1v) is 5.45. The monoisotopic (exact) mass is 268 g/mol. The average Bonchev–Trinajstić information content (AvgIpc) is 2.13. The summed E-state index contributed by atoms with van der Waals surface area (Å²) in [6.07, 6.45) is 0.709. The minimum atomic E-state index is -0.771. The van der Waals surface area contributed by atoms with Crippen molar-refractivity contribution in [3.63, 3.8) is 0 Å². The highest BCUT2D eigenvalue weighted by atomic mass is 79.9. The van der Waals surface area contributed by atoms with Gasteiger partial charge in [0.25, 0.3) is 0 Å². The molecular formula is C12H13BrO2. The van der Waals surface area contributed by atoms with E-state index in [0.717, 1.165) is 21.2 Å². The Labute approximate surface area is 97.8 Å². The molecule has 0 unspecified atom stereocenters. The molecule has 0 aliphatic heterocycles. The average molecular weight is 269 g/mol. The summed E-state index contributed by atoms with van der Waals surface area (Å²) in [6.45, 7) is 5.80. The molecule has 0 heterocycles. The van der Waals surface area contributed by atoms with Crippen molar-refractivity contribution in [3.8, 4) is 0 Å². The van der Waals surface area contributed by atoms with E-state index in [0.29, 0.717) is 6.42 Å². The van der Waals surface area contributed by atoms with Gasteiger partial charge < -0.3 is 5.11 Å². The number of carbonyl (C=O) groups is 1. The van der Waals surface area contributed by atoms with Crippen LogP contribution in [0.4, 0.5) is 0 Å². The third-order valence-corrected chi connectivity index (χ3v) is 2.54.